The first-order valence-corrected chi connectivity index (χ1v) is 10.3. The standard InChI is InChI=1S/C16H13N4O6PS/c1-9-18-19-15(26-9)12-7-28-16(17-12)14(21)11-6-20(8-25-27(22,23)24)13-5-3-2-4-10(11)13/h2-7H,8H2,1H3,(H2,22,23,24). The second kappa shape index (κ2) is 7.04. The summed E-state index contributed by atoms with van der Waals surface area (Å²) in [7, 11) is -4.65. The van der Waals surface area contributed by atoms with Crippen molar-refractivity contribution in [2.45, 2.75) is 13.7 Å². The van der Waals surface area contributed by atoms with Crippen molar-refractivity contribution in [3.63, 3.8) is 0 Å². The summed E-state index contributed by atoms with van der Waals surface area (Å²) in [5.41, 5.74) is 1.35. The summed E-state index contributed by atoms with van der Waals surface area (Å²) >= 11 is 1.14. The van der Waals surface area contributed by atoms with Gasteiger partial charge in [0.15, 0.2) is 5.01 Å². The lowest BCUT2D eigenvalue weighted by Gasteiger charge is -2.07. The first-order valence-electron chi connectivity index (χ1n) is 7.90. The molecule has 2 N–H and O–H groups in total. The first-order chi connectivity index (χ1) is 13.3. The molecule has 3 heterocycles. The van der Waals surface area contributed by atoms with E-state index in [0.717, 1.165) is 11.3 Å². The fourth-order valence-corrected chi connectivity index (χ4v) is 3.68. The Morgan fingerprint density at radius 2 is 2.11 bits per heavy atom. The molecule has 0 atom stereocenters. The molecule has 1 aromatic carbocycles. The van der Waals surface area contributed by atoms with Crippen molar-refractivity contribution in [1.29, 1.82) is 0 Å². The number of phosphoric ester groups is 1. The highest BCUT2D eigenvalue weighted by Crippen LogP contribution is 2.37. The number of aryl methyl sites for hydroxylation is 1. The van der Waals surface area contributed by atoms with Gasteiger partial charge >= 0.3 is 7.82 Å². The maximum absolute atomic E-state index is 13.0. The van der Waals surface area contributed by atoms with E-state index in [0.29, 0.717) is 28.1 Å². The number of carbonyl (C=O) groups excluding carboxylic acids is 1. The summed E-state index contributed by atoms with van der Waals surface area (Å²) in [6, 6.07) is 6.99. The van der Waals surface area contributed by atoms with Crippen molar-refractivity contribution in [1.82, 2.24) is 19.7 Å². The first kappa shape index (κ1) is 18.7. The minimum absolute atomic E-state index is 0.227. The van der Waals surface area contributed by atoms with Crippen LogP contribution in [0.25, 0.3) is 22.5 Å². The number of ketones is 1. The van der Waals surface area contributed by atoms with E-state index in [1.165, 1.54) is 10.8 Å². The molecule has 0 saturated heterocycles. The van der Waals surface area contributed by atoms with Crippen molar-refractivity contribution in [3.8, 4) is 11.6 Å². The lowest BCUT2D eigenvalue weighted by molar-refractivity contribution is 0.103. The molecule has 28 heavy (non-hydrogen) atoms. The van der Waals surface area contributed by atoms with Crippen LogP contribution in [0.15, 0.2) is 40.3 Å². The molecular formula is C16H13N4O6PS. The van der Waals surface area contributed by atoms with Crippen LogP contribution in [0.4, 0.5) is 0 Å². The normalized spacial score (nSPS) is 12.0. The molecule has 0 saturated carbocycles. The van der Waals surface area contributed by atoms with Crippen LogP contribution >= 0.6 is 19.2 Å². The van der Waals surface area contributed by atoms with E-state index in [4.69, 9.17) is 14.2 Å². The van der Waals surface area contributed by atoms with Crippen LogP contribution in [-0.2, 0) is 15.8 Å². The van der Waals surface area contributed by atoms with E-state index >= 15 is 0 Å². The molecule has 0 fully saturated rings. The minimum Gasteiger partial charge on any atom is -0.420 e. The summed E-state index contributed by atoms with van der Waals surface area (Å²) in [6.45, 7) is 1.26. The number of fused-ring (bicyclic) bond motifs is 1. The number of thiazole rings is 1. The molecule has 0 spiro atoms. The monoisotopic (exact) mass is 420 g/mol. The van der Waals surface area contributed by atoms with Gasteiger partial charge in [0.2, 0.25) is 11.7 Å². The number of para-hydroxylation sites is 1. The third kappa shape index (κ3) is 3.66. The summed E-state index contributed by atoms with van der Waals surface area (Å²) < 4.78 is 22.3. The highest BCUT2D eigenvalue weighted by atomic mass is 32.1. The number of phosphoric acid groups is 1. The quantitative estimate of drug-likeness (QED) is 0.356. The number of carbonyl (C=O) groups is 1. The Morgan fingerprint density at radius 3 is 2.82 bits per heavy atom. The third-order valence-electron chi connectivity index (χ3n) is 3.84. The number of hydrogen-bond acceptors (Lipinski definition) is 8. The predicted octanol–water partition coefficient (Wildman–Crippen LogP) is 2.75. The number of rotatable bonds is 6. The van der Waals surface area contributed by atoms with Crippen LogP contribution in [0.1, 0.15) is 21.3 Å². The molecule has 0 radical (unpaired) electrons. The molecule has 12 heteroatoms. The van der Waals surface area contributed by atoms with Gasteiger partial charge in [0.05, 0.1) is 11.1 Å². The van der Waals surface area contributed by atoms with Gasteiger partial charge in [-0.3, -0.25) is 9.32 Å². The number of benzene rings is 1. The van der Waals surface area contributed by atoms with Crippen LogP contribution in [-0.4, -0.2) is 35.3 Å². The molecule has 4 aromatic rings. The fraction of sp³-hybridized carbons (Fsp3) is 0.125. The number of aromatic nitrogens is 4. The predicted molar refractivity (Wildman–Crippen MR) is 98.6 cm³/mol. The maximum atomic E-state index is 13.0. The molecule has 0 aliphatic carbocycles. The fourth-order valence-electron chi connectivity index (χ4n) is 2.66. The van der Waals surface area contributed by atoms with E-state index < -0.39 is 14.6 Å². The van der Waals surface area contributed by atoms with Crippen molar-refractivity contribution >= 4 is 35.8 Å². The molecule has 0 aliphatic heterocycles. The van der Waals surface area contributed by atoms with Crippen molar-refractivity contribution in [3.05, 3.63) is 52.3 Å². The zero-order chi connectivity index (χ0) is 19.9. The Morgan fingerprint density at radius 1 is 1.32 bits per heavy atom. The van der Waals surface area contributed by atoms with Gasteiger partial charge in [-0.1, -0.05) is 18.2 Å². The van der Waals surface area contributed by atoms with Crippen LogP contribution < -0.4 is 0 Å². The number of nitrogens with zero attached hydrogens (tertiary/aromatic N) is 4. The van der Waals surface area contributed by atoms with E-state index in [2.05, 4.69) is 19.7 Å². The van der Waals surface area contributed by atoms with Gasteiger partial charge in [0.25, 0.3) is 5.89 Å². The van der Waals surface area contributed by atoms with E-state index in [1.807, 2.05) is 0 Å². The Kier molecular flexibility index (Phi) is 4.69. The zero-order valence-electron chi connectivity index (χ0n) is 14.3. The Balaban J connectivity index is 1.70. The molecule has 144 valence electrons. The summed E-state index contributed by atoms with van der Waals surface area (Å²) in [5.74, 6) is 0.285. The van der Waals surface area contributed by atoms with Gasteiger partial charge in [-0.2, -0.15) is 0 Å². The Hall–Kier alpha value is -2.69. The minimum atomic E-state index is -4.65. The van der Waals surface area contributed by atoms with E-state index in [1.54, 1.807) is 36.6 Å². The molecule has 4 rings (SSSR count). The average molecular weight is 420 g/mol. The zero-order valence-corrected chi connectivity index (χ0v) is 16.1. The molecule has 0 bridgehead atoms. The van der Waals surface area contributed by atoms with E-state index in [9.17, 15) is 9.36 Å². The van der Waals surface area contributed by atoms with Crippen molar-refractivity contribution in [2.75, 3.05) is 0 Å². The highest BCUT2D eigenvalue weighted by Gasteiger charge is 2.22. The molecule has 3 aromatic heterocycles. The van der Waals surface area contributed by atoms with Gasteiger partial charge < -0.3 is 18.8 Å². The Bertz CT molecular complexity index is 1220. The second-order valence-electron chi connectivity index (χ2n) is 5.77. The van der Waals surface area contributed by atoms with Crippen LogP contribution in [0.2, 0.25) is 0 Å². The Labute approximate surface area is 161 Å². The number of hydrogen-bond donors (Lipinski definition) is 2. The third-order valence-corrected chi connectivity index (χ3v) is 5.13. The molecular weight excluding hydrogens is 407 g/mol. The highest BCUT2D eigenvalue weighted by molar-refractivity contribution is 7.46. The maximum Gasteiger partial charge on any atom is 0.471 e. The van der Waals surface area contributed by atoms with E-state index in [-0.39, 0.29) is 16.7 Å². The smallest absolute Gasteiger partial charge is 0.420 e. The lowest BCUT2D eigenvalue weighted by Crippen LogP contribution is -2.02. The van der Waals surface area contributed by atoms with Crippen LogP contribution in [0, 0.1) is 6.92 Å². The molecule has 0 amide bonds. The van der Waals surface area contributed by atoms with Crippen LogP contribution in [0.3, 0.4) is 0 Å². The summed E-state index contributed by atoms with van der Waals surface area (Å²) in [6.07, 6.45) is 1.49. The molecule has 10 nitrogen and oxygen atoms in total. The van der Waals surface area contributed by atoms with Crippen molar-refractivity contribution in [2.24, 2.45) is 0 Å². The lowest BCUT2D eigenvalue weighted by atomic mass is 10.1. The van der Waals surface area contributed by atoms with Gasteiger partial charge in [-0.15, -0.1) is 21.5 Å². The molecule has 0 unspecified atom stereocenters. The molecule has 0 aliphatic rings. The largest absolute Gasteiger partial charge is 0.471 e. The SMILES string of the molecule is Cc1nnc(-c2csc(C(=O)c3cn(COP(=O)(O)O)c4ccccc34)n2)o1. The summed E-state index contributed by atoms with van der Waals surface area (Å²) in [5, 5.41) is 10.1. The van der Waals surface area contributed by atoms with Crippen molar-refractivity contribution < 1.29 is 28.1 Å². The second-order valence-corrected chi connectivity index (χ2v) is 7.87. The van der Waals surface area contributed by atoms with Gasteiger partial charge in [0.1, 0.15) is 12.4 Å². The van der Waals surface area contributed by atoms with Crippen LogP contribution in [0.5, 0.6) is 0 Å². The summed E-state index contributed by atoms with van der Waals surface area (Å²) in [4.78, 5) is 35.2. The van der Waals surface area contributed by atoms with Gasteiger partial charge in [-0.25, -0.2) is 9.55 Å². The van der Waals surface area contributed by atoms with Gasteiger partial charge in [0, 0.05) is 23.9 Å². The van der Waals surface area contributed by atoms with Gasteiger partial charge in [-0.05, 0) is 6.07 Å². The topological polar surface area (TPSA) is 141 Å². The average Bonchev–Trinajstić information content (AvgIpc) is 3.37.